The SMILES string of the molecule is Cc1ccc(NC(=O)Nc2nnc(-c3ccccc3F)s2)cc1C. The first-order chi connectivity index (χ1) is 11.5. The highest BCUT2D eigenvalue weighted by molar-refractivity contribution is 7.18. The second-order valence-electron chi connectivity index (χ2n) is 5.27. The second kappa shape index (κ2) is 6.76. The molecule has 2 amide bonds. The van der Waals surface area contributed by atoms with E-state index in [9.17, 15) is 9.18 Å². The van der Waals surface area contributed by atoms with Crippen molar-refractivity contribution in [1.29, 1.82) is 0 Å². The largest absolute Gasteiger partial charge is 0.325 e. The van der Waals surface area contributed by atoms with Gasteiger partial charge in [0.15, 0.2) is 5.01 Å². The number of halogens is 1. The van der Waals surface area contributed by atoms with Gasteiger partial charge in [-0.2, -0.15) is 0 Å². The summed E-state index contributed by atoms with van der Waals surface area (Å²) in [6.45, 7) is 3.98. The van der Waals surface area contributed by atoms with Gasteiger partial charge in [0.25, 0.3) is 0 Å². The summed E-state index contributed by atoms with van der Waals surface area (Å²) in [5.41, 5.74) is 3.29. The van der Waals surface area contributed by atoms with Crippen LogP contribution in [0.25, 0.3) is 10.6 Å². The summed E-state index contributed by atoms with van der Waals surface area (Å²) in [4.78, 5) is 12.0. The molecule has 1 heterocycles. The molecule has 3 aromatic rings. The third kappa shape index (κ3) is 3.57. The van der Waals surface area contributed by atoms with Crippen LogP contribution in [0.4, 0.5) is 20.0 Å². The number of hydrogen-bond acceptors (Lipinski definition) is 4. The van der Waals surface area contributed by atoms with Crippen LogP contribution in [0, 0.1) is 19.7 Å². The van der Waals surface area contributed by atoms with Gasteiger partial charge in [0.05, 0.1) is 0 Å². The lowest BCUT2D eigenvalue weighted by atomic mass is 10.1. The van der Waals surface area contributed by atoms with Crippen LogP contribution in [0.5, 0.6) is 0 Å². The maximum atomic E-state index is 13.7. The van der Waals surface area contributed by atoms with Gasteiger partial charge < -0.3 is 5.32 Å². The maximum Gasteiger partial charge on any atom is 0.325 e. The van der Waals surface area contributed by atoms with Crippen molar-refractivity contribution in [2.45, 2.75) is 13.8 Å². The van der Waals surface area contributed by atoms with E-state index in [2.05, 4.69) is 20.8 Å². The van der Waals surface area contributed by atoms with Crippen LogP contribution in [0.1, 0.15) is 11.1 Å². The molecular formula is C17H15FN4OS. The predicted molar refractivity (Wildman–Crippen MR) is 93.9 cm³/mol. The van der Waals surface area contributed by atoms with Gasteiger partial charge in [-0.3, -0.25) is 5.32 Å². The summed E-state index contributed by atoms with van der Waals surface area (Å²) >= 11 is 1.11. The van der Waals surface area contributed by atoms with Crippen LogP contribution in [-0.4, -0.2) is 16.2 Å². The minimum Gasteiger partial charge on any atom is -0.308 e. The van der Waals surface area contributed by atoms with Crippen molar-refractivity contribution in [3.8, 4) is 10.6 Å². The highest BCUT2D eigenvalue weighted by Gasteiger charge is 2.12. The lowest BCUT2D eigenvalue weighted by Gasteiger charge is -2.07. The van der Waals surface area contributed by atoms with Crippen LogP contribution >= 0.6 is 11.3 Å². The molecule has 0 radical (unpaired) electrons. The van der Waals surface area contributed by atoms with E-state index >= 15 is 0 Å². The predicted octanol–water partition coefficient (Wildman–Crippen LogP) is 4.61. The molecule has 3 rings (SSSR count). The van der Waals surface area contributed by atoms with Gasteiger partial charge in [-0.15, -0.1) is 10.2 Å². The number of aryl methyl sites for hydroxylation is 2. The van der Waals surface area contributed by atoms with Crippen LogP contribution in [0.2, 0.25) is 0 Å². The third-order valence-electron chi connectivity index (χ3n) is 3.51. The summed E-state index contributed by atoms with van der Waals surface area (Å²) in [6, 6.07) is 11.5. The molecular weight excluding hydrogens is 327 g/mol. The van der Waals surface area contributed by atoms with Crippen molar-refractivity contribution in [1.82, 2.24) is 10.2 Å². The van der Waals surface area contributed by atoms with E-state index in [4.69, 9.17) is 0 Å². The topological polar surface area (TPSA) is 66.9 Å². The third-order valence-corrected chi connectivity index (χ3v) is 4.39. The molecule has 5 nitrogen and oxygen atoms in total. The Morgan fingerprint density at radius 1 is 1.04 bits per heavy atom. The first-order valence-electron chi connectivity index (χ1n) is 7.26. The van der Waals surface area contributed by atoms with Gasteiger partial charge in [0.1, 0.15) is 5.82 Å². The van der Waals surface area contributed by atoms with E-state index in [0.717, 1.165) is 22.5 Å². The van der Waals surface area contributed by atoms with Gasteiger partial charge in [0, 0.05) is 11.3 Å². The summed E-state index contributed by atoms with van der Waals surface area (Å²) in [5.74, 6) is -0.375. The fraction of sp³-hybridized carbons (Fsp3) is 0.118. The van der Waals surface area contributed by atoms with E-state index < -0.39 is 6.03 Å². The van der Waals surface area contributed by atoms with Crippen molar-refractivity contribution in [2.75, 3.05) is 10.6 Å². The van der Waals surface area contributed by atoms with E-state index in [1.165, 1.54) is 6.07 Å². The molecule has 0 saturated heterocycles. The van der Waals surface area contributed by atoms with Gasteiger partial charge in [-0.25, -0.2) is 9.18 Å². The Labute approximate surface area is 142 Å². The zero-order valence-electron chi connectivity index (χ0n) is 13.1. The number of amides is 2. The molecule has 0 aliphatic rings. The van der Waals surface area contributed by atoms with Crippen LogP contribution in [-0.2, 0) is 0 Å². The minimum atomic E-state index is -0.422. The number of nitrogens with zero attached hydrogens (tertiary/aromatic N) is 2. The average molecular weight is 342 g/mol. The summed E-state index contributed by atoms with van der Waals surface area (Å²) in [7, 11) is 0. The molecule has 0 spiro atoms. The lowest BCUT2D eigenvalue weighted by Crippen LogP contribution is -2.19. The van der Waals surface area contributed by atoms with Crippen LogP contribution in [0.3, 0.4) is 0 Å². The summed E-state index contributed by atoms with van der Waals surface area (Å²) in [5, 5.41) is 13.8. The number of hydrogen-bond donors (Lipinski definition) is 2. The maximum absolute atomic E-state index is 13.7. The monoisotopic (exact) mass is 342 g/mol. The molecule has 2 aromatic carbocycles. The lowest BCUT2D eigenvalue weighted by molar-refractivity contribution is 0.262. The molecule has 7 heteroatoms. The second-order valence-corrected chi connectivity index (χ2v) is 6.25. The molecule has 0 aliphatic carbocycles. The van der Waals surface area contributed by atoms with Crippen molar-refractivity contribution >= 4 is 28.2 Å². The molecule has 24 heavy (non-hydrogen) atoms. The van der Waals surface area contributed by atoms with Gasteiger partial charge in [-0.05, 0) is 49.2 Å². The Kier molecular flexibility index (Phi) is 4.52. The molecule has 122 valence electrons. The number of rotatable bonds is 3. The molecule has 0 aliphatic heterocycles. The van der Waals surface area contributed by atoms with Crippen molar-refractivity contribution in [2.24, 2.45) is 0 Å². The summed E-state index contributed by atoms with van der Waals surface area (Å²) < 4.78 is 13.7. The fourth-order valence-electron chi connectivity index (χ4n) is 2.10. The number of anilines is 2. The Balaban J connectivity index is 1.69. The van der Waals surface area contributed by atoms with Gasteiger partial charge in [-0.1, -0.05) is 29.5 Å². The number of carbonyl (C=O) groups is 1. The molecule has 0 fully saturated rings. The fourth-order valence-corrected chi connectivity index (χ4v) is 2.86. The molecule has 0 unspecified atom stereocenters. The average Bonchev–Trinajstić information content (AvgIpc) is 2.99. The van der Waals surface area contributed by atoms with Gasteiger partial charge in [0.2, 0.25) is 5.13 Å². The smallest absolute Gasteiger partial charge is 0.308 e. The Bertz CT molecular complexity index is 894. The highest BCUT2D eigenvalue weighted by atomic mass is 32.1. The number of carbonyl (C=O) groups excluding carboxylic acids is 1. The quantitative estimate of drug-likeness (QED) is 0.731. The van der Waals surface area contributed by atoms with E-state index in [0.29, 0.717) is 21.4 Å². The van der Waals surface area contributed by atoms with Crippen LogP contribution < -0.4 is 10.6 Å². The Hall–Kier alpha value is -2.80. The Morgan fingerprint density at radius 3 is 2.58 bits per heavy atom. The normalized spacial score (nSPS) is 10.5. The van der Waals surface area contributed by atoms with E-state index in [1.54, 1.807) is 18.2 Å². The summed E-state index contributed by atoms with van der Waals surface area (Å²) in [6.07, 6.45) is 0. The van der Waals surface area contributed by atoms with Crippen LogP contribution in [0.15, 0.2) is 42.5 Å². The number of aromatic nitrogens is 2. The standard InChI is InChI=1S/C17H15FN4OS/c1-10-7-8-12(9-11(10)2)19-16(23)20-17-22-21-15(24-17)13-5-3-4-6-14(13)18/h3-9H,1-2H3,(H2,19,20,22,23). The molecule has 1 aromatic heterocycles. The van der Waals surface area contributed by atoms with Crippen molar-refractivity contribution in [3.05, 3.63) is 59.4 Å². The van der Waals surface area contributed by atoms with Crippen molar-refractivity contribution in [3.63, 3.8) is 0 Å². The van der Waals surface area contributed by atoms with Crippen molar-refractivity contribution < 1.29 is 9.18 Å². The zero-order valence-corrected chi connectivity index (χ0v) is 13.9. The number of nitrogens with one attached hydrogen (secondary N) is 2. The molecule has 0 atom stereocenters. The zero-order chi connectivity index (χ0) is 17.1. The molecule has 0 bridgehead atoms. The van der Waals surface area contributed by atoms with E-state index in [-0.39, 0.29) is 5.82 Å². The number of benzene rings is 2. The highest BCUT2D eigenvalue weighted by Crippen LogP contribution is 2.28. The first-order valence-corrected chi connectivity index (χ1v) is 8.08. The van der Waals surface area contributed by atoms with Gasteiger partial charge >= 0.3 is 6.03 Å². The number of urea groups is 1. The molecule has 2 N–H and O–H groups in total. The Morgan fingerprint density at radius 2 is 1.83 bits per heavy atom. The first kappa shape index (κ1) is 16.1. The van der Waals surface area contributed by atoms with E-state index in [1.807, 2.05) is 32.0 Å². The molecule has 0 saturated carbocycles. The minimum absolute atomic E-state index is 0.301.